The average molecular weight is 310 g/mol. The number of aryl methyl sites for hydroxylation is 2. The zero-order chi connectivity index (χ0) is 15.2. The molecule has 0 saturated carbocycles. The molecule has 1 atom stereocenters. The van der Waals surface area contributed by atoms with Crippen molar-refractivity contribution in [3.8, 4) is 0 Å². The molecule has 0 aromatic carbocycles. The fourth-order valence-corrected chi connectivity index (χ4v) is 3.45. The first-order valence-corrected chi connectivity index (χ1v) is 8.08. The van der Waals surface area contributed by atoms with E-state index in [0.717, 1.165) is 15.8 Å². The van der Waals surface area contributed by atoms with Crippen LogP contribution >= 0.6 is 23.6 Å². The number of fused-ring (bicyclic) bond motifs is 1. The highest BCUT2D eigenvalue weighted by molar-refractivity contribution is 7.71. The summed E-state index contributed by atoms with van der Waals surface area (Å²) in [6.45, 7) is 13.4. The molecule has 0 spiro atoms. The quantitative estimate of drug-likeness (QED) is 0.834. The minimum Gasteiger partial charge on any atom is -0.323 e. The van der Waals surface area contributed by atoms with Gasteiger partial charge >= 0.3 is 0 Å². The molecule has 2 heterocycles. The first-order valence-electron chi connectivity index (χ1n) is 6.85. The molecule has 1 N–H and O–H groups in total. The van der Waals surface area contributed by atoms with Crippen LogP contribution in [0.25, 0.3) is 10.2 Å². The molecule has 3 nitrogen and oxygen atoms in total. The summed E-state index contributed by atoms with van der Waals surface area (Å²) >= 11 is 6.98. The number of aromatic amines is 1. The highest BCUT2D eigenvalue weighted by Gasteiger charge is 2.22. The van der Waals surface area contributed by atoms with Crippen LogP contribution in [-0.4, -0.2) is 9.55 Å². The van der Waals surface area contributed by atoms with Gasteiger partial charge < -0.3 is 4.98 Å². The van der Waals surface area contributed by atoms with Gasteiger partial charge in [-0.2, -0.15) is 0 Å². The summed E-state index contributed by atoms with van der Waals surface area (Å²) in [6, 6.07) is 0. The SMILES string of the molecule is Cc1sc2[nH]c(=S)n(CC(C)C(C)(C)C)c(=O)c2c1C. The first-order chi connectivity index (χ1) is 9.12. The van der Waals surface area contributed by atoms with E-state index in [4.69, 9.17) is 12.2 Å². The molecule has 2 aromatic rings. The van der Waals surface area contributed by atoms with Gasteiger partial charge in [-0.25, -0.2) is 0 Å². The van der Waals surface area contributed by atoms with E-state index in [9.17, 15) is 4.79 Å². The van der Waals surface area contributed by atoms with Crippen molar-refractivity contribution >= 4 is 33.8 Å². The highest BCUT2D eigenvalue weighted by atomic mass is 32.1. The minimum absolute atomic E-state index is 0.0432. The molecule has 0 bridgehead atoms. The van der Waals surface area contributed by atoms with Crippen molar-refractivity contribution in [2.45, 2.75) is 48.1 Å². The van der Waals surface area contributed by atoms with E-state index in [1.165, 1.54) is 4.88 Å². The number of H-pyrrole nitrogens is 1. The number of nitrogens with zero attached hydrogens (tertiary/aromatic N) is 1. The molecule has 1 unspecified atom stereocenters. The number of rotatable bonds is 2. The Morgan fingerprint density at radius 2 is 1.95 bits per heavy atom. The van der Waals surface area contributed by atoms with Crippen molar-refractivity contribution in [3.05, 3.63) is 25.6 Å². The third-order valence-corrected chi connectivity index (χ3v) is 5.69. The van der Waals surface area contributed by atoms with Crippen LogP contribution in [0.4, 0.5) is 0 Å². The van der Waals surface area contributed by atoms with Gasteiger partial charge in [0, 0.05) is 11.4 Å². The molecule has 2 aromatic heterocycles. The Morgan fingerprint density at radius 3 is 2.50 bits per heavy atom. The Balaban J connectivity index is 2.63. The van der Waals surface area contributed by atoms with Crippen LogP contribution < -0.4 is 5.56 Å². The molecule has 0 aliphatic rings. The number of nitrogens with one attached hydrogen (secondary N) is 1. The van der Waals surface area contributed by atoms with Gasteiger partial charge in [-0.15, -0.1) is 11.3 Å². The largest absolute Gasteiger partial charge is 0.323 e. The average Bonchev–Trinajstić information content (AvgIpc) is 2.58. The Labute approximate surface area is 128 Å². The van der Waals surface area contributed by atoms with Gasteiger partial charge in [-0.3, -0.25) is 9.36 Å². The van der Waals surface area contributed by atoms with Crippen LogP contribution in [0.5, 0.6) is 0 Å². The molecule has 0 aliphatic heterocycles. The number of hydrogen-bond acceptors (Lipinski definition) is 3. The molecule has 2 rings (SSSR count). The summed E-state index contributed by atoms with van der Waals surface area (Å²) in [5.74, 6) is 0.368. The van der Waals surface area contributed by atoms with Gasteiger partial charge in [0.25, 0.3) is 5.56 Å². The topological polar surface area (TPSA) is 37.8 Å². The summed E-state index contributed by atoms with van der Waals surface area (Å²) in [5, 5.41) is 0.794. The van der Waals surface area contributed by atoms with Gasteiger partial charge in [0.1, 0.15) is 4.83 Å². The standard InChI is InChI=1S/C15H22N2OS2/c1-8(15(4,5)6)7-17-13(18)11-9(2)10(3)20-12(11)16-14(17)19/h8H,7H2,1-6H3,(H,16,19). The molecule has 0 saturated heterocycles. The van der Waals surface area contributed by atoms with E-state index in [0.29, 0.717) is 17.2 Å². The second kappa shape index (κ2) is 5.11. The molecular weight excluding hydrogens is 288 g/mol. The summed E-state index contributed by atoms with van der Waals surface area (Å²) in [7, 11) is 0. The van der Waals surface area contributed by atoms with E-state index in [-0.39, 0.29) is 11.0 Å². The predicted octanol–water partition coefficient (Wildman–Crippen LogP) is 4.42. The van der Waals surface area contributed by atoms with Crippen LogP contribution in [0.15, 0.2) is 4.79 Å². The van der Waals surface area contributed by atoms with Crippen LogP contribution in [-0.2, 0) is 6.54 Å². The van der Waals surface area contributed by atoms with Crippen molar-refractivity contribution in [2.24, 2.45) is 11.3 Å². The molecule has 110 valence electrons. The lowest BCUT2D eigenvalue weighted by Gasteiger charge is -2.27. The smallest absolute Gasteiger partial charge is 0.263 e. The van der Waals surface area contributed by atoms with Crippen LogP contribution in [0.2, 0.25) is 0 Å². The van der Waals surface area contributed by atoms with Crippen LogP contribution in [0, 0.1) is 30.0 Å². The summed E-state index contributed by atoms with van der Waals surface area (Å²) in [4.78, 5) is 18.0. The van der Waals surface area contributed by atoms with Crippen LogP contribution in [0.3, 0.4) is 0 Å². The molecule has 0 aliphatic carbocycles. The maximum absolute atomic E-state index is 12.7. The normalized spacial score (nSPS) is 13.9. The minimum atomic E-state index is 0.0432. The van der Waals surface area contributed by atoms with Crippen molar-refractivity contribution in [1.29, 1.82) is 0 Å². The second-order valence-electron chi connectivity index (χ2n) is 6.60. The summed E-state index contributed by atoms with van der Waals surface area (Å²) < 4.78 is 2.24. The Bertz CT molecular complexity index is 759. The fourth-order valence-electron chi connectivity index (χ4n) is 2.08. The molecule has 5 heteroatoms. The molecule has 0 radical (unpaired) electrons. The number of hydrogen-bond donors (Lipinski definition) is 1. The van der Waals surface area contributed by atoms with E-state index in [1.54, 1.807) is 15.9 Å². The van der Waals surface area contributed by atoms with E-state index in [2.05, 4.69) is 32.7 Å². The monoisotopic (exact) mass is 310 g/mol. The van der Waals surface area contributed by atoms with Gasteiger partial charge in [-0.05, 0) is 43.0 Å². The van der Waals surface area contributed by atoms with E-state index >= 15 is 0 Å². The zero-order valence-electron chi connectivity index (χ0n) is 13.0. The first kappa shape index (κ1) is 15.4. The number of thiophene rings is 1. The molecule has 20 heavy (non-hydrogen) atoms. The summed E-state index contributed by atoms with van der Waals surface area (Å²) in [5.41, 5.74) is 1.26. The van der Waals surface area contributed by atoms with Gasteiger partial charge in [0.2, 0.25) is 0 Å². The summed E-state index contributed by atoms with van der Waals surface area (Å²) in [6.07, 6.45) is 0. The van der Waals surface area contributed by atoms with Crippen LogP contribution in [0.1, 0.15) is 38.1 Å². The second-order valence-corrected chi connectivity index (χ2v) is 8.21. The zero-order valence-corrected chi connectivity index (χ0v) is 14.6. The third-order valence-electron chi connectivity index (χ3n) is 4.24. The van der Waals surface area contributed by atoms with Crippen molar-refractivity contribution < 1.29 is 0 Å². The van der Waals surface area contributed by atoms with Crippen molar-refractivity contribution in [3.63, 3.8) is 0 Å². The highest BCUT2D eigenvalue weighted by Crippen LogP contribution is 2.28. The lowest BCUT2D eigenvalue weighted by atomic mass is 9.82. The van der Waals surface area contributed by atoms with E-state index in [1.807, 2.05) is 13.8 Å². The Morgan fingerprint density at radius 1 is 1.35 bits per heavy atom. The van der Waals surface area contributed by atoms with Gasteiger partial charge in [0.15, 0.2) is 4.77 Å². The van der Waals surface area contributed by atoms with Gasteiger partial charge in [0.05, 0.1) is 5.39 Å². The van der Waals surface area contributed by atoms with E-state index < -0.39 is 0 Å². The Kier molecular flexibility index (Phi) is 3.95. The fraction of sp³-hybridized carbons (Fsp3) is 0.600. The molecule has 0 amide bonds. The van der Waals surface area contributed by atoms with Gasteiger partial charge in [-0.1, -0.05) is 27.7 Å². The predicted molar refractivity (Wildman–Crippen MR) is 89.4 cm³/mol. The third kappa shape index (κ3) is 2.61. The van der Waals surface area contributed by atoms with Crippen molar-refractivity contribution in [2.75, 3.05) is 0 Å². The maximum Gasteiger partial charge on any atom is 0.263 e. The lowest BCUT2D eigenvalue weighted by molar-refractivity contribution is 0.229. The molecular formula is C15H22N2OS2. The number of aromatic nitrogens is 2. The molecule has 0 fully saturated rings. The lowest BCUT2D eigenvalue weighted by Crippen LogP contribution is -2.30. The maximum atomic E-state index is 12.7. The van der Waals surface area contributed by atoms with Crippen molar-refractivity contribution in [1.82, 2.24) is 9.55 Å². The Hall–Kier alpha value is -0.940.